The molecule has 1 aliphatic heterocycles. The number of nitrogens with zero attached hydrogens (tertiary/aromatic N) is 1. The smallest absolute Gasteiger partial charge is 0.261 e. The van der Waals surface area contributed by atoms with Crippen LogP contribution >= 0.6 is 0 Å². The molecule has 2 unspecified atom stereocenters. The quantitative estimate of drug-likeness (QED) is 0.678. The topological polar surface area (TPSA) is 58.6 Å². The Morgan fingerprint density at radius 3 is 2.38 bits per heavy atom. The third-order valence-corrected chi connectivity index (χ3v) is 5.89. The lowest BCUT2D eigenvalue weighted by atomic mass is 9.87. The second-order valence-corrected chi connectivity index (χ2v) is 9.29. The van der Waals surface area contributed by atoms with Crippen LogP contribution in [0.2, 0.25) is 0 Å². The van der Waals surface area contributed by atoms with Gasteiger partial charge in [-0.15, -0.1) is 0 Å². The zero-order valence-electron chi connectivity index (χ0n) is 20.1. The van der Waals surface area contributed by atoms with Crippen molar-refractivity contribution in [2.75, 3.05) is 6.54 Å². The van der Waals surface area contributed by atoms with Crippen molar-refractivity contribution < 1.29 is 14.3 Å². The Kier molecular flexibility index (Phi) is 7.60. The molecular weight excluding hydrogens is 400 g/mol. The summed E-state index contributed by atoms with van der Waals surface area (Å²) in [6.45, 7) is 12.5. The molecule has 0 saturated carbocycles. The van der Waals surface area contributed by atoms with Crippen LogP contribution in [0.1, 0.15) is 69.3 Å². The molecule has 1 heterocycles. The van der Waals surface area contributed by atoms with Gasteiger partial charge in [0, 0.05) is 18.5 Å². The fourth-order valence-corrected chi connectivity index (χ4v) is 4.21. The number of amides is 2. The first kappa shape index (κ1) is 23.8. The van der Waals surface area contributed by atoms with Crippen molar-refractivity contribution in [3.05, 3.63) is 64.7 Å². The molecule has 2 aromatic carbocycles. The summed E-state index contributed by atoms with van der Waals surface area (Å²) in [5.41, 5.74) is 4.57. The molecule has 172 valence electrons. The second kappa shape index (κ2) is 10.2. The fourth-order valence-electron chi connectivity index (χ4n) is 4.21. The number of benzene rings is 2. The lowest BCUT2D eigenvalue weighted by Gasteiger charge is -2.39. The first-order valence-corrected chi connectivity index (χ1v) is 11.7. The normalized spacial score (nSPS) is 16.6. The number of hydrogen-bond acceptors (Lipinski definition) is 3. The second-order valence-electron chi connectivity index (χ2n) is 9.29. The molecule has 3 rings (SSSR count). The highest BCUT2D eigenvalue weighted by atomic mass is 16.5. The van der Waals surface area contributed by atoms with Crippen molar-refractivity contribution in [3.8, 4) is 5.75 Å². The van der Waals surface area contributed by atoms with Crippen molar-refractivity contribution >= 4 is 11.8 Å². The van der Waals surface area contributed by atoms with Crippen LogP contribution in [0.5, 0.6) is 5.75 Å². The van der Waals surface area contributed by atoms with E-state index in [0.29, 0.717) is 18.7 Å². The van der Waals surface area contributed by atoms with Gasteiger partial charge in [-0.1, -0.05) is 56.7 Å². The minimum atomic E-state index is -0.551. The molecule has 2 aromatic rings. The van der Waals surface area contributed by atoms with E-state index >= 15 is 0 Å². The molecule has 2 atom stereocenters. The highest BCUT2D eigenvalue weighted by Gasteiger charge is 2.33. The monoisotopic (exact) mass is 436 g/mol. The van der Waals surface area contributed by atoms with Gasteiger partial charge in [0.05, 0.1) is 6.04 Å². The summed E-state index contributed by atoms with van der Waals surface area (Å²) in [7, 11) is 0. The van der Waals surface area contributed by atoms with Gasteiger partial charge in [0.25, 0.3) is 5.91 Å². The Morgan fingerprint density at radius 2 is 1.78 bits per heavy atom. The van der Waals surface area contributed by atoms with Crippen LogP contribution in [0.4, 0.5) is 0 Å². The summed E-state index contributed by atoms with van der Waals surface area (Å²) >= 11 is 0. The van der Waals surface area contributed by atoms with Gasteiger partial charge in [0.1, 0.15) is 5.75 Å². The van der Waals surface area contributed by atoms with Crippen molar-refractivity contribution in [3.63, 3.8) is 0 Å². The van der Waals surface area contributed by atoms with Crippen molar-refractivity contribution in [2.45, 2.75) is 72.6 Å². The molecule has 2 amide bonds. The van der Waals surface area contributed by atoms with Crippen LogP contribution < -0.4 is 10.1 Å². The minimum Gasteiger partial charge on any atom is -0.481 e. The zero-order chi connectivity index (χ0) is 23.4. The summed E-state index contributed by atoms with van der Waals surface area (Å²) in [6.07, 6.45) is 0.835. The molecule has 1 N–H and O–H groups in total. The van der Waals surface area contributed by atoms with E-state index in [-0.39, 0.29) is 29.8 Å². The van der Waals surface area contributed by atoms with E-state index in [9.17, 15) is 9.59 Å². The van der Waals surface area contributed by atoms with E-state index in [0.717, 1.165) is 17.5 Å². The molecule has 0 radical (unpaired) electrons. The van der Waals surface area contributed by atoms with E-state index in [2.05, 4.69) is 42.6 Å². The van der Waals surface area contributed by atoms with Crippen molar-refractivity contribution in [1.82, 2.24) is 10.2 Å². The van der Waals surface area contributed by atoms with E-state index in [4.69, 9.17) is 4.74 Å². The van der Waals surface area contributed by atoms with Crippen LogP contribution in [0.25, 0.3) is 0 Å². The largest absolute Gasteiger partial charge is 0.481 e. The maximum atomic E-state index is 13.1. The van der Waals surface area contributed by atoms with Gasteiger partial charge in [-0.2, -0.15) is 0 Å². The predicted octanol–water partition coefficient (Wildman–Crippen LogP) is 4.81. The Balaban J connectivity index is 1.99. The Bertz CT molecular complexity index is 950. The van der Waals surface area contributed by atoms with Gasteiger partial charge in [-0.3, -0.25) is 9.59 Å². The maximum Gasteiger partial charge on any atom is 0.261 e. The van der Waals surface area contributed by atoms with Gasteiger partial charge >= 0.3 is 0 Å². The average molecular weight is 437 g/mol. The molecular formula is C27H36N2O3. The van der Waals surface area contributed by atoms with Crippen LogP contribution in [-0.4, -0.2) is 35.4 Å². The molecule has 5 heteroatoms. The van der Waals surface area contributed by atoms with E-state index in [1.165, 1.54) is 11.1 Å². The molecule has 0 spiro atoms. The molecule has 32 heavy (non-hydrogen) atoms. The fraction of sp³-hybridized carbons (Fsp3) is 0.481. The first-order valence-electron chi connectivity index (χ1n) is 11.7. The van der Waals surface area contributed by atoms with Gasteiger partial charge in [0.15, 0.2) is 6.10 Å². The number of fused-ring (bicyclic) bond motifs is 1. The van der Waals surface area contributed by atoms with Gasteiger partial charge in [-0.25, -0.2) is 0 Å². The number of ether oxygens (including phenoxy) is 1. The third kappa shape index (κ3) is 5.32. The Labute approximate surface area is 192 Å². The Hall–Kier alpha value is -2.82. The van der Waals surface area contributed by atoms with Crippen LogP contribution in [-0.2, 0) is 16.0 Å². The minimum absolute atomic E-state index is 0.0604. The number of nitrogens with one attached hydrogen (secondary N) is 1. The van der Waals surface area contributed by atoms with Crippen LogP contribution in [0.3, 0.4) is 0 Å². The van der Waals surface area contributed by atoms with Gasteiger partial charge in [0.2, 0.25) is 5.91 Å². The maximum absolute atomic E-state index is 13.1. The standard InChI is InChI=1S/C27H36N2O3/c1-7-24(26(30)28-18(4)5)32-22-13-12-20-14-15-29(27(31)17(2)3)25(23(20)16-22)21-10-8-19(6)9-11-21/h8-13,16-18,24-25H,7,14-15H2,1-6H3,(H,28,30). The van der Waals surface area contributed by atoms with Crippen LogP contribution in [0.15, 0.2) is 42.5 Å². The van der Waals surface area contributed by atoms with Gasteiger partial charge in [-0.05, 0) is 62.4 Å². The third-order valence-electron chi connectivity index (χ3n) is 5.89. The number of aryl methyl sites for hydroxylation is 1. The first-order chi connectivity index (χ1) is 15.2. The molecule has 0 saturated heterocycles. The number of carbonyl (C=O) groups is 2. The molecule has 5 nitrogen and oxygen atoms in total. The number of carbonyl (C=O) groups excluding carboxylic acids is 2. The van der Waals surface area contributed by atoms with E-state index in [1.807, 2.05) is 51.7 Å². The summed E-state index contributed by atoms with van der Waals surface area (Å²) in [6, 6.07) is 14.3. The predicted molar refractivity (Wildman–Crippen MR) is 128 cm³/mol. The molecule has 0 aliphatic carbocycles. The Morgan fingerprint density at radius 1 is 1.09 bits per heavy atom. The summed E-state index contributed by atoms with van der Waals surface area (Å²) in [5.74, 6) is 0.626. The molecule has 0 fully saturated rings. The van der Waals surface area contributed by atoms with E-state index < -0.39 is 6.10 Å². The number of rotatable bonds is 7. The summed E-state index contributed by atoms with van der Waals surface area (Å²) in [4.78, 5) is 27.6. The van der Waals surface area contributed by atoms with Crippen LogP contribution in [0, 0.1) is 12.8 Å². The average Bonchev–Trinajstić information content (AvgIpc) is 2.76. The number of hydrogen-bond donors (Lipinski definition) is 1. The molecule has 0 bridgehead atoms. The zero-order valence-corrected chi connectivity index (χ0v) is 20.1. The van der Waals surface area contributed by atoms with Gasteiger partial charge < -0.3 is 15.0 Å². The summed E-state index contributed by atoms with van der Waals surface area (Å²) in [5, 5.41) is 2.93. The van der Waals surface area contributed by atoms with Crippen molar-refractivity contribution in [2.24, 2.45) is 5.92 Å². The highest BCUT2D eigenvalue weighted by Crippen LogP contribution is 2.38. The van der Waals surface area contributed by atoms with E-state index in [1.54, 1.807) is 0 Å². The lowest BCUT2D eigenvalue weighted by Crippen LogP contribution is -2.43. The SMILES string of the molecule is CCC(Oc1ccc2c(c1)C(c1ccc(C)cc1)N(C(=O)C(C)C)CC2)C(=O)NC(C)C. The molecule has 1 aliphatic rings. The summed E-state index contributed by atoms with van der Waals surface area (Å²) < 4.78 is 6.12. The highest BCUT2D eigenvalue weighted by molar-refractivity contribution is 5.81. The lowest BCUT2D eigenvalue weighted by molar-refractivity contribution is -0.136. The van der Waals surface area contributed by atoms with Crippen molar-refractivity contribution in [1.29, 1.82) is 0 Å². The molecule has 0 aromatic heterocycles.